The first-order valence-electron chi connectivity index (χ1n) is 7.17. The molecule has 0 bridgehead atoms. The van der Waals surface area contributed by atoms with Crippen molar-refractivity contribution in [3.05, 3.63) is 28.2 Å². The molecule has 3 rings (SSSR count). The molecule has 3 nitrogen and oxygen atoms in total. The molecule has 1 fully saturated rings. The number of halogens is 3. The van der Waals surface area contributed by atoms with Gasteiger partial charge in [-0.1, -0.05) is 0 Å². The number of hydrogen-bond acceptors (Lipinski definition) is 2. The highest BCUT2D eigenvalue weighted by molar-refractivity contribution is 9.10. The number of hydrogen-bond donors (Lipinski definition) is 0. The van der Waals surface area contributed by atoms with Crippen molar-refractivity contribution in [2.24, 2.45) is 5.92 Å². The van der Waals surface area contributed by atoms with Gasteiger partial charge in [0.1, 0.15) is 11.6 Å². The first-order chi connectivity index (χ1) is 10.1. The van der Waals surface area contributed by atoms with Gasteiger partial charge in [0.15, 0.2) is 0 Å². The SMILES string of the molecule is CN1CCC(Cn2c(CCCl)nc3cc(Br)c(F)cc32)C1. The Morgan fingerprint density at radius 2 is 2.29 bits per heavy atom. The van der Waals surface area contributed by atoms with Gasteiger partial charge in [-0.25, -0.2) is 9.37 Å². The molecule has 1 aliphatic rings. The Hall–Kier alpha value is -0.650. The number of imidazole rings is 1. The van der Waals surface area contributed by atoms with Crippen LogP contribution in [-0.4, -0.2) is 40.5 Å². The van der Waals surface area contributed by atoms with Crippen LogP contribution in [0.1, 0.15) is 12.2 Å². The van der Waals surface area contributed by atoms with Gasteiger partial charge in [0.05, 0.1) is 15.5 Å². The molecule has 0 aliphatic carbocycles. The van der Waals surface area contributed by atoms with E-state index in [0.29, 0.717) is 22.7 Å². The van der Waals surface area contributed by atoms with Gasteiger partial charge in [-0.05, 0) is 47.9 Å². The fraction of sp³-hybridized carbons (Fsp3) is 0.533. The summed E-state index contributed by atoms with van der Waals surface area (Å²) in [5.74, 6) is 1.82. The van der Waals surface area contributed by atoms with Crippen LogP contribution in [0, 0.1) is 11.7 Å². The van der Waals surface area contributed by atoms with Gasteiger partial charge < -0.3 is 9.47 Å². The highest BCUT2D eigenvalue weighted by atomic mass is 79.9. The second-order valence-electron chi connectivity index (χ2n) is 5.75. The monoisotopic (exact) mass is 373 g/mol. The molecule has 0 N–H and O–H groups in total. The molecule has 1 unspecified atom stereocenters. The molecule has 1 aromatic carbocycles. The number of alkyl halides is 1. The number of aromatic nitrogens is 2. The van der Waals surface area contributed by atoms with E-state index in [0.717, 1.165) is 36.5 Å². The molecule has 1 atom stereocenters. The van der Waals surface area contributed by atoms with E-state index in [4.69, 9.17) is 11.6 Å². The molecule has 1 aromatic heterocycles. The van der Waals surface area contributed by atoms with E-state index in [2.05, 4.69) is 37.4 Å². The van der Waals surface area contributed by atoms with Gasteiger partial charge in [0, 0.05) is 31.5 Å². The second-order valence-corrected chi connectivity index (χ2v) is 6.98. The number of fused-ring (bicyclic) bond motifs is 1. The van der Waals surface area contributed by atoms with Crippen LogP contribution < -0.4 is 0 Å². The third-order valence-corrected chi connectivity index (χ3v) is 4.91. The summed E-state index contributed by atoms with van der Waals surface area (Å²) in [6, 6.07) is 3.32. The zero-order valence-electron chi connectivity index (χ0n) is 12.0. The molecule has 1 aliphatic heterocycles. The molecular weight excluding hydrogens is 357 g/mol. The molecule has 114 valence electrons. The van der Waals surface area contributed by atoms with Crippen LogP contribution in [0.15, 0.2) is 16.6 Å². The van der Waals surface area contributed by atoms with Crippen LogP contribution in [0.3, 0.4) is 0 Å². The van der Waals surface area contributed by atoms with E-state index in [1.807, 2.05) is 0 Å². The van der Waals surface area contributed by atoms with E-state index in [9.17, 15) is 4.39 Å². The van der Waals surface area contributed by atoms with Gasteiger partial charge >= 0.3 is 0 Å². The first kappa shape index (κ1) is 15.3. The minimum atomic E-state index is -0.246. The normalized spacial score (nSPS) is 19.7. The lowest BCUT2D eigenvalue weighted by molar-refractivity contribution is 0.378. The Kier molecular flexibility index (Phi) is 4.52. The third kappa shape index (κ3) is 3.10. The van der Waals surface area contributed by atoms with Crippen LogP contribution >= 0.6 is 27.5 Å². The predicted octanol–water partition coefficient (Wildman–Crippen LogP) is 3.67. The van der Waals surface area contributed by atoms with Crippen molar-refractivity contribution in [1.82, 2.24) is 14.5 Å². The third-order valence-electron chi connectivity index (χ3n) is 4.12. The number of benzene rings is 1. The van der Waals surface area contributed by atoms with Crippen LogP contribution in [0.2, 0.25) is 0 Å². The summed E-state index contributed by atoms with van der Waals surface area (Å²) < 4.78 is 16.5. The molecule has 0 radical (unpaired) electrons. The Bertz CT molecular complexity index is 658. The fourth-order valence-electron chi connectivity index (χ4n) is 3.08. The van der Waals surface area contributed by atoms with Gasteiger partial charge in [-0.3, -0.25) is 0 Å². The predicted molar refractivity (Wildman–Crippen MR) is 87.4 cm³/mol. The smallest absolute Gasteiger partial charge is 0.139 e. The molecule has 2 aromatic rings. The zero-order valence-corrected chi connectivity index (χ0v) is 14.3. The van der Waals surface area contributed by atoms with Gasteiger partial charge in [0.2, 0.25) is 0 Å². The van der Waals surface area contributed by atoms with Gasteiger partial charge in [-0.15, -0.1) is 11.6 Å². The fourth-order valence-corrected chi connectivity index (χ4v) is 3.58. The molecule has 2 heterocycles. The van der Waals surface area contributed by atoms with Crippen LogP contribution in [0.4, 0.5) is 4.39 Å². The summed E-state index contributed by atoms with van der Waals surface area (Å²) >= 11 is 9.12. The highest BCUT2D eigenvalue weighted by Crippen LogP contribution is 2.27. The Morgan fingerprint density at radius 1 is 1.48 bits per heavy atom. The van der Waals surface area contributed by atoms with Crippen molar-refractivity contribution in [2.75, 3.05) is 26.0 Å². The second kappa shape index (κ2) is 6.23. The lowest BCUT2D eigenvalue weighted by atomic mass is 10.1. The number of rotatable bonds is 4. The molecule has 0 saturated carbocycles. The maximum Gasteiger partial charge on any atom is 0.139 e. The van der Waals surface area contributed by atoms with Crippen molar-refractivity contribution in [3.8, 4) is 0 Å². The highest BCUT2D eigenvalue weighted by Gasteiger charge is 2.22. The Morgan fingerprint density at radius 3 is 2.95 bits per heavy atom. The zero-order chi connectivity index (χ0) is 15.0. The van der Waals surface area contributed by atoms with Crippen molar-refractivity contribution in [3.63, 3.8) is 0 Å². The molecule has 1 saturated heterocycles. The van der Waals surface area contributed by atoms with Crippen LogP contribution in [-0.2, 0) is 13.0 Å². The van der Waals surface area contributed by atoms with Gasteiger partial charge in [-0.2, -0.15) is 0 Å². The molecular formula is C15H18BrClFN3. The summed E-state index contributed by atoms with van der Waals surface area (Å²) in [5, 5.41) is 0. The minimum absolute atomic E-state index is 0.246. The van der Waals surface area contributed by atoms with E-state index in [-0.39, 0.29) is 5.82 Å². The van der Waals surface area contributed by atoms with Crippen molar-refractivity contribution in [2.45, 2.75) is 19.4 Å². The summed E-state index contributed by atoms with van der Waals surface area (Å²) in [6.07, 6.45) is 1.88. The van der Waals surface area contributed by atoms with E-state index in [1.165, 1.54) is 6.42 Å². The van der Waals surface area contributed by atoms with Crippen LogP contribution in [0.25, 0.3) is 11.0 Å². The molecule has 0 amide bonds. The number of nitrogens with zero attached hydrogens (tertiary/aromatic N) is 3. The van der Waals surface area contributed by atoms with Crippen molar-refractivity contribution in [1.29, 1.82) is 0 Å². The Labute approximate surface area is 137 Å². The average molecular weight is 375 g/mol. The standard InChI is InChI=1S/C15H18BrClFN3/c1-20-5-3-10(8-20)9-21-14-7-12(18)11(16)6-13(14)19-15(21)2-4-17/h6-7,10H,2-5,8-9H2,1H3. The maximum absolute atomic E-state index is 13.9. The first-order valence-corrected chi connectivity index (χ1v) is 8.50. The lowest BCUT2D eigenvalue weighted by Crippen LogP contribution is -2.18. The summed E-state index contributed by atoms with van der Waals surface area (Å²) in [6.45, 7) is 3.09. The lowest BCUT2D eigenvalue weighted by Gasteiger charge is -2.14. The summed E-state index contributed by atoms with van der Waals surface area (Å²) in [7, 11) is 2.14. The quantitative estimate of drug-likeness (QED) is 0.761. The molecule has 21 heavy (non-hydrogen) atoms. The Balaban J connectivity index is 2.00. The largest absolute Gasteiger partial charge is 0.328 e. The molecule has 0 spiro atoms. The van der Waals surface area contributed by atoms with Crippen LogP contribution in [0.5, 0.6) is 0 Å². The average Bonchev–Trinajstić information content (AvgIpc) is 2.97. The topological polar surface area (TPSA) is 21.1 Å². The van der Waals surface area contributed by atoms with Crippen molar-refractivity contribution < 1.29 is 4.39 Å². The van der Waals surface area contributed by atoms with Gasteiger partial charge in [0.25, 0.3) is 0 Å². The molecule has 6 heteroatoms. The van der Waals surface area contributed by atoms with E-state index >= 15 is 0 Å². The minimum Gasteiger partial charge on any atom is -0.328 e. The maximum atomic E-state index is 13.9. The number of likely N-dealkylation sites (tertiary alicyclic amines) is 1. The van der Waals surface area contributed by atoms with Crippen molar-refractivity contribution >= 4 is 38.6 Å². The summed E-state index contributed by atoms with van der Waals surface area (Å²) in [4.78, 5) is 6.97. The summed E-state index contributed by atoms with van der Waals surface area (Å²) in [5.41, 5.74) is 1.69. The number of aryl methyl sites for hydroxylation is 1. The van der Waals surface area contributed by atoms with E-state index < -0.39 is 0 Å². The van der Waals surface area contributed by atoms with E-state index in [1.54, 1.807) is 12.1 Å².